The Morgan fingerprint density at radius 1 is 1.19 bits per heavy atom. The number of ether oxygens (including phenoxy) is 1. The number of benzene rings is 1. The molecule has 0 aliphatic carbocycles. The van der Waals surface area contributed by atoms with Gasteiger partial charge < -0.3 is 19.4 Å². The fourth-order valence-corrected chi connectivity index (χ4v) is 5.06. The lowest BCUT2D eigenvalue weighted by atomic mass is 10.0. The predicted molar refractivity (Wildman–Crippen MR) is 118 cm³/mol. The van der Waals surface area contributed by atoms with Crippen molar-refractivity contribution in [3.63, 3.8) is 0 Å². The normalized spacial score (nSPS) is 19.4. The van der Waals surface area contributed by atoms with Crippen molar-refractivity contribution in [1.82, 2.24) is 14.7 Å². The van der Waals surface area contributed by atoms with Gasteiger partial charge in [0, 0.05) is 70.6 Å². The van der Waals surface area contributed by atoms with Crippen molar-refractivity contribution in [2.24, 2.45) is 0 Å². The lowest BCUT2D eigenvalue weighted by molar-refractivity contribution is -0.129. The van der Waals surface area contributed by atoms with Crippen molar-refractivity contribution in [2.45, 2.75) is 38.8 Å². The zero-order valence-corrected chi connectivity index (χ0v) is 18.7. The molecule has 4 heterocycles. The first kappa shape index (κ1) is 20.6. The van der Waals surface area contributed by atoms with E-state index in [1.54, 1.807) is 13.0 Å². The Balaban J connectivity index is 1.63. The molecule has 9 heteroatoms. The molecule has 0 radical (unpaired) electrons. The summed E-state index contributed by atoms with van der Waals surface area (Å²) in [6, 6.07) is 3.47. The molecule has 1 aromatic carbocycles. The number of fused-ring (bicyclic) bond motifs is 2. The van der Waals surface area contributed by atoms with Crippen molar-refractivity contribution in [1.29, 1.82) is 0 Å². The van der Waals surface area contributed by atoms with Gasteiger partial charge in [0.25, 0.3) is 0 Å². The molecule has 3 aliphatic rings. The van der Waals surface area contributed by atoms with E-state index in [1.165, 1.54) is 11.8 Å². The number of anilines is 3. The molecule has 7 nitrogen and oxygen atoms in total. The molecule has 0 N–H and O–H groups in total. The largest absolute Gasteiger partial charge is 0.381 e. The van der Waals surface area contributed by atoms with Gasteiger partial charge in [-0.05, 0) is 18.9 Å². The first-order valence-corrected chi connectivity index (χ1v) is 11.2. The zero-order valence-electron chi connectivity index (χ0n) is 17.9. The first-order valence-electron chi connectivity index (χ1n) is 10.8. The molecular weight excluding hydrogens is 421 g/mol. The molecule has 0 atom stereocenters. The van der Waals surface area contributed by atoms with E-state index in [9.17, 15) is 9.18 Å². The van der Waals surface area contributed by atoms with Crippen LogP contribution in [0.2, 0.25) is 5.02 Å². The minimum Gasteiger partial charge on any atom is -0.381 e. The van der Waals surface area contributed by atoms with E-state index in [1.807, 2.05) is 11.9 Å². The van der Waals surface area contributed by atoms with E-state index in [0.717, 1.165) is 61.8 Å². The van der Waals surface area contributed by atoms with Crippen molar-refractivity contribution >= 4 is 34.7 Å². The second-order valence-corrected chi connectivity index (χ2v) is 8.96. The maximum absolute atomic E-state index is 14.5. The van der Waals surface area contributed by atoms with Crippen LogP contribution in [-0.2, 0) is 22.5 Å². The number of amides is 1. The highest BCUT2D eigenvalue weighted by Gasteiger charge is 2.34. The standard InChI is InChI=1S/C22H27ClFN5O2/c1-14(30)27-6-3-19-16(13-27)22(25-29(19)15-4-9-31-10-5-15)28-8-7-26(2)20-11-17(23)18(24)12-21(20)28/h11-12,15H,3-10,13H2,1-2H3. The summed E-state index contributed by atoms with van der Waals surface area (Å²) in [5.74, 6) is 0.444. The lowest BCUT2D eigenvalue weighted by Gasteiger charge is -2.37. The van der Waals surface area contributed by atoms with Gasteiger partial charge in [0.1, 0.15) is 5.82 Å². The first-order chi connectivity index (χ1) is 14.9. The summed E-state index contributed by atoms with van der Waals surface area (Å²) < 4.78 is 22.2. The summed E-state index contributed by atoms with van der Waals surface area (Å²) in [5.41, 5.74) is 3.90. The Morgan fingerprint density at radius 3 is 2.71 bits per heavy atom. The summed E-state index contributed by atoms with van der Waals surface area (Å²) in [6.45, 7) is 5.74. The number of nitrogens with zero attached hydrogens (tertiary/aromatic N) is 5. The number of rotatable bonds is 2. The van der Waals surface area contributed by atoms with Crippen LogP contribution in [0, 0.1) is 5.82 Å². The second-order valence-electron chi connectivity index (χ2n) is 8.56. The van der Waals surface area contributed by atoms with Crippen molar-refractivity contribution in [2.75, 3.05) is 49.7 Å². The average molecular weight is 448 g/mol. The second kappa shape index (κ2) is 7.98. The van der Waals surface area contributed by atoms with Crippen LogP contribution in [0.5, 0.6) is 0 Å². The highest BCUT2D eigenvalue weighted by Crippen LogP contribution is 2.42. The van der Waals surface area contributed by atoms with Crippen LogP contribution in [0.25, 0.3) is 0 Å². The van der Waals surface area contributed by atoms with Gasteiger partial charge in [-0.3, -0.25) is 9.48 Å². The molecular formula is C22H27ClFN5O2. The zero-order chi connectivity index (χ0) is 21.7. The van der Waals surface area contributed by atoms with Crippen LogP contribution in [0.3, 0.4) is 0 Å². The van der Waals surface area contributed by atoms with Gasteiger partial charge in [0.05, 0.1) is 29.0 Å². The number of carbonyl (C=O) groups excluding carboxylic acids is 1. The molecule has 0 saturated carbocycles. The highest BCUT2D eigenvalue weighted by atomic mass is 35.5. The third-order valence-electron chi connectivity index (χ3n) is 6.68. The summed E-state index contributed by atoms with van der Waals surface area (Å²) in [6.07, 6.45) is 2.62. The van der Waals surface area contributed by atoms with E-state index >= 15 is 0 Å². The van der Waals surface area contributed by atoms with E-state index in [4.69, 9.17) is 21.4 Å². The monoisotopic (exact) mass is 447 g/mol. The number of likely N-dealkylation sites (N-methyl/N-ethyl adjacent to an activating group) is 1. The van der Waals surface area contributed by atoms with Crippen LogP contribution in [-0.4, -0.2) is 60.5 Å². The lowest BCUT2D eigenvalue weighted by Crippen LogP contribution is -2.38. The smallest absolute Gasteiger partial charge is 0.219 e. The minimum absolute atomic E-state index is 0.0621. The Kier molecular flexibility index (Phi) is 5.30. The number of aromatic nitrogens is 2. The molecule has 0 spiro atoms. The third-order valence-corrected chi connectivity index (χ3v) is 6.97. The minimum atomic E-state index is -0.441. The summed E-state index contributed by atoms with van der Waals surface area (Å²) >= 11 is 6.08. The molecule has 1 amide bonds. The van der Waals surface area contributed by atoms with Gasteiger partial charge >= 0.3 is 0 Å². The maximum Gasteiger partial charge on any atom is 0.219 e. The molecule has 166 valence electrons. The van der Waals surface area contributed by atoms with Crippen LogP contribution < -0.4 is 9.80 Å². The number of hydrogen-bond acceptors (Lipinski definition) is 5. The molecule has 2 aromatic rings. The van der Waals surface area contributed by atoms with E-state index < -0.39 is 5.82 Å². The van der Waals surface area contributed by atoms with Gasteiger partial charge in [-0.15, -0.1) is 0 Å². The van der Waals surface area contributed by atoms with Gasteiger partial charge in [0.15, 0.2) is 5.82 Å². The van der Waals surface area contributed by atoms with Crippen molar-refractivity contribution in [3.05, 3.63) is 34.2 Å². The maximum atomic E-state index is 14.5. The molecule has 31 heavy (non-hydrogen) atoms. The molecule has 0 unspecified atom stereocenters. The molecule has 0 bridgehead atoms. The van der Waals surface area contributed by atoms with Crippen LogP contribution in [0.15, 0.2) is 12.1 Å². The van der Waals surface area contributed by atoms with Crippen molar-refractivity contribution in [3.8, 4) is 0 Å². The Labute approximate surface area is 186 Å². The highest BCUT2D eigenvalue weighted by molar-refractivity contribution is 6.31. The van der Waals surface area contributed by atoms with E-state index in [-0.39, 0.29) is 17.0 Å². The fraction of sp³-hybridized carbons (Fsp3) is 0.545. The van der Waals surface area contributed by atoms with Gasteiger partial charge in [-0.1, -0.05) is 11.6 Å². The quantitative estimate of drug-likeness (QED) is 0.705. The molecule has 1 saturated heterocycles. The summed E-state index contributed by atoms with van der Waals surface area (Å²) in [4.78, 5) is 18.2. The van der Waals surface area contributed by atoms with Gasteiger partial charge in [0.2, 0.25) is 5.91 Å². The predicted octanol–water partition coefficient (Wildman–Crippen LogP) is 3.52. The van der Waals surface area contributed by atoms with Crippen LogP contribution >= 0.6 is 11.6 Å². The Hall–Kier alpha value is -2.32. The van der Waals surface area contributed by atoms with Gasteiger partial charge in [-0.25, -0.2) is 4.39 Å². The van der Waals surface area contributed by atoms with Crippen molar-refractivity contribution < 1.29 is 13.9 Å². The number of hydrogen-bond donors (Lipinski definition) is 0. The molecule has 1 fully saturated rings. The average Bonchev–Trinajstić information content (AvgIpc) is 3.15. The number of halogens is 2. The van der Waals surface area contributed by atoms with Crippen LogP contribution in [0.1, 0.15) is 37.1 Å². The Morgan fingerprint density at radius 2 is 1.97 bits per heavy atom. The van der Waals surface area contributed by atoms with E-state index in [0.29, 0.717) is 19.6 Å². The molecule has 3 aliphatic heterocycles. The molecule has 5 rings (SSSR count). The van der Waals surface area contributed by atoms with E-state index in [2.05, 4.69) is 14.5 Å². The Bertz CT molecular complexity index is 1020. The molecule has 1 aromatic heterocycles. The van der Waals surface area contributed by atoms with Crippen LogP contribution in [0.4, 0.5) is 21.6 Å². The summed E-state index contributed by atoms with van der Waals surface area (Å²) in [7, 11) is 1.98. The fourth-order valence-electron chi connectivity index (χ4n) is 4.90. The topological polar surface area (TPSA) is 53.8 Å². The van der Waals surface area contributed by atoms with Gasteiger partial charge in [-0.2, -0.15) is 5.10 Å². The summed E-state index contributed by atoms with van der Waals surface area (Å²) in [5, 5.41) is 5.20. The third kappa shape index (κ3) is 3.55. The SMILES string of the molecule is CC(=O)N1CCc2c(c(N3CCN(C)c4cc(Cl)c(F)cc43)nn2C2CCOCC2)C1. The number of carbonyl (C=O) groups is 1.